The molecule has 1 aromatic heterocycles. The van der Waals surface area contributed by atoms with Crippen LogP contribution in [0.4, 0.5) is 16.2 Å². The van der Waals surface area contributed by atoms with Crippen molar-refractivity contribution < 1.29 is 9.59 Å². The number of thioether (sulfide) groups is 1. The minimum atomic E-state index is -0.732. The van der Waals surface area contributed by atoms with Crippen molar-refractivity contribution in [3.63, 3.8) is 0 Å². The summed E-state index contributed by atoms with van der Waals surface area (Å²) in [6.07, 6.45) is 1.68. The Balaban J connectivity index is 1.34. The van der Waals surface area contributed by atoms with E-state index >= 15 is 0 Å². The molecule has 1 N–H and O–H groups in total. The Morgan fingerprint density at radius 3 is 2.26 bits per heavy atom. The summed E-state index contributed by atoms with van der Waals surface area (Å²) in [6, 6.07) is 20.6. The molecule has 1 aliphatic heterocycles. The van der Waals surface area contributed by atoms with Gasteiger partial charge in [-0.2, -0.15) is 4.99 Å². The lowest BCUT2D eigenvalue weighted by atomic mass is 10.1. The van der Waals surface area contributed by atoms with Crippen molar-refractivity contribution in [2.24, 2.45) is 4.99 Å². The Bertz CT molecular complexity index is 1530. The number of carbonyl (C=O) groups is 2. The summed E-state index contributed by atoms with van der Waals surface area (Å²) in [5.41, 5.74) is 6.16. The quantitative estimate of drug-likeness (QED) is 0.338. The van der Waals surface area contributed by atoms with Crippen LogP contribution in [0.5, 0.6) is 0 Å². The van der Waals surface area contributed by atoms with Gasteiger partial charge in [-0.1, -0.05) is 47.7 Å². The predicted molar refractivity (Wildman–Crippen MR) is 153 cm³/mol. The molecule has 8 nitrogen and oxygen atoms in total. The summed E-state index contributed by atoms with van der Waals surface area (Å²) in [7, 11) is 0. The van der Waals surface area contributed by atoms with Gasteiger partial charge in [-0.05, 0) is 82.1 Å². The lowest BCUT2D eigenvalue weighted by Crippen LogP contribution is -2.37. The summed E-state index contributed by atoms with van der Waals surface area (Å²) in [6.45, 7) is 9.62. The molecule has 0 bridgehead atoms. The van der Waals surface area contributed by atoms with Gasteiger partial charge < -0.3 is 5.32 Å². The van der Waals surface area contributed by atoms with E-state index in [-0.39, 0.29) is 5.91 Å². The molecular formula is C29H28N6O2S. The molecule has 3 amide bonds. The molecular weight excluding hydrogens is 496 g/mol. The first kappa shape index (κ1) is 25.4. The third kappa shape index (κ3) is 4.97. The van der Waals surface area contributed by atoms with Crippen molar-refractivity contribution in [2.45, 2.75) is 39.4 Å². The van der Waals surface area contributed by atoms with E-state index in [1.807, 2.05) is 89.2 Å². The van der Waals surface area contributed by atoms with Gasteiger partial charge in [0.05, 0.1) is 16.1 Å². The molecule has 4 aromatic rings. The lowest BCUT2D eigenvalue weighted by molar-refractivity contribution is -0.118. The molecule has 192 valence electrons. The van der Waals surface area contributed by atoms with Gasteiger partial charge in [-0.3, -0.25) is 9.69 Å². The number of amidine groups is 1. The normalized spacial score (nSPS) is 15.8. The van der Waals surface area contributed by atoms with Crippen LogP contribution in [0.25, 0.3) is 17.1 Å². The Hall–Kier alpha value is -4.24. The maximum Gasteiger partial charge on any atom is 0.347 e. The number of rotatable bonds is 4. The summed E-state index contributed by atoms with van der Waals surface area (Å²) in [4.78, 5) is 36.4. The van der Waals surface area contributed by atoms with Gasteiger partial charge >= 0.3 is 6.03 Å². The van der Waals surface area contributed by atoms with Crippen molar-refractivity contribution >= 4 is 40.2 Å². The number of aliphatic imine (C=N–C) groups is 1. The second-order valence-corrected chi connectivity index (χ2v) is 11.3. The van der Waals surface area contributed by atoms with Crippen molar-refractivity contribution in [3.05, 3.63) is 89.7 Å². The number of carbonyl (C=O) groups excluding carboxylic acids is 2. The van der Waals surface area contributed by atoms with Crippen LogP contribution in [0, 0.1) is 20.8 Å². The number of amides is 3. The molecule has 0 saturated carbocycles. The molecule has 9 heteroatoms. The highest BCUT2D eigenvalue weighted by Gasteiger charge is 2.46. The van der Waals surface area contributed by atoms with E-state index in [1.54, 1.807) is 28.0 Å². The first-order chi connectivity index (χ1) is 18.1. The second kappa shape index (κ2) is 9.90. The molecule has 2 heterocycles. The molecule has 1 saturated heterocycles. The minimum Gasteiger partial charge on any atom is -0.306 e. The maximum atomic E-state index is 13.2. The van der Waals surface area contributed by atoms with Gasteiger partial charge in [0.1, 0.15) is 6.33 Å². The Kier molecular flexibility index (Phi) is 6.62. The van der Waals surface area contributed by atoms with E-state index in [1.165, 1.54) is 17.3 Å². The van der Waals surface area contributed by atoms with E-state index in [0.717, 1.165) is 28.1 Å². The molecule has 5 rings (SSSR count). The van der Waals surface area contributed by atoms with Crippen LogP contribution in [-0.2, 0) is 4.79 Å². The smallest absolute Gasteiger partial charge is 0.306 e. The fraction of sp³-hybridized carbons (Fsp3) is 0.207. The number of aromatic nitrogens is 3. The molecule has 0 unspecified atom stereocenters. The van der Waals surface area contributed by atoms with Gasteiger partial charge in [0, 0.05) is 11.3 Å². The van der Waals surface area contributed by atoms with Crippen LogP contribution >= 0.6 is 11.8 Å². The third-order valence-electron chi connectivity index (χ3n) is 6.30. The molecule has 0 atom stereocenters. The molecule has 0 radical (unpaired) electrons. The van der Waals surface area contributed by atoms with Crippen LogP contribution in [0.15, 0.2) is 78.0 Å². The average molecular weight is 525 g/mol. The van der Waals surface area contributed by atoms with Gasteiger partial charge in [0.15, 0.2) is 11.0 Å². The lowest BCUT2D eigenvalue weighted by Gasteiger charge is -2.22. The zero-order chi connectivity index (χ0) is 27.0. The van der Waals surface area contributed by atoms with E-state index in [0.29, 0.717) is 16.7 Å². The standard InChI is InChI=1S/C29H28N6O2S/c1-18-9-15-23(16-10-18)34-17-30-25(33-34)21-11-13-22(14-12-21)31-27(37)32-28-35(26(36)29(4,5)38-28)24-19(2)7-6-8-20(24)3/h6-17H,1-5H3,(H,31,37)/b32-28-. The predicted octanol–water partition coefficient (Wildman–Crippen LogP) is 6.31. The van der Waals surface area contributed by atoms with Crippen molar-refractivity contribution in [2.75, 3.05) is 10.2 Å². The number of hydrogen-bond donors (Lipinski definition) is 1. The zero-order valence-corrected chi connectivity index (χ0v) is 22.7. The third-order valence-corrected chi connectivity index (χ3v) is 7.44. The highest BCUT2D eigenvalue weighted by Crippen LogP contribution is 2.41. The molecule has 1 fully saturated rings. The number of benzene rings is 3. The SMILES string of the molecule is Cc1ccc(-n2cnc(-c3ccc(NC(=O)/N=C4\SC(C)(C)C(=O)N4c4c(C)cccc4C)cc3)n2)cc1. The molecule has 38 heavy (non-hydrogen) atoms. The van der Waals surface area contributed by atoms with Crippen LogP contribution in [0.2, 0.25) is 0 Å². The largest absolute Gasteiger partial charge is 0.347 e. The topological polar surface area (TPSA) is 92.5 Å². The number of anilines is 2. The molecule has 3 aromatic carbocycles. The van der Waals surface area contributed by atoms with Gasteiger partial charge in [0.2, 0.25) is 5.91 Å². The number of para-hydroxylation sites is 1. The Labute approximate surface area is 225 Å². The number of nitrogens with zero attached hydrogens (tertiary/aromatic N) is 5. The van der Waals surface area contributed by atoms with Crippen LogP contribution < -0.4 is 10.2 Å². The number of nitrogens with one attached hydrogen (secondary N) is 1. The zero-order valence-electron chi connectivity index (χ0n) is 21.9. The molecule has 0 spiro atoms. The maximum absolute atomic E-state index is 13.2. The van der Waals surface area contributed by atoms with Crippen LogP contribution in [0.3, 0.4) is 0 Å². The Morgan fingerprint density at radius 2 is 1.61 bits per heavy atom. The molecule has 1 aliphatic rings. The summed E-state index contributed by atoms with van der Waals surface area (Å²) in [5, 5.41) is 7.73. The Morgan fingerprint density at radius 1 is 0.947 bits per heavy atom. The minimum absolute atomic E-state index is 0.103. The van der Waals surface area contributed by atoms with E-state index < -0.39 is 10.8 Å². The number of aryl methyl sites for hydroxylation is 3. The van der Waals surface area contributed by atoms with Crippen LogP contribution in [-0.4, -0.2) is 36.6 Å². The van der Waals surface area contributed by atoms with Gasteiger partial charge in [-0.15, -0.1) is 5.10 Å². The number of hydrogen-bond acceptors (Lipinski definition) is 5. The monoisotopic (exact) mass is 524 g/mol. The fourth-order valence-electron chi connectivity index (χ4n) is 4.26. The highest BCUT2D eigenvalue weighted by molar-refractivity contribution is 8.16. The first-order valence-corrected chi connectivity index (χ1v) is 13.0. The van der Waals surface area contributed by atoms with Crippen molar-refractivity contribution in [1.29, 1.82) is 0 Å². The van der Waals surface area contributed by atoms with E-state index in [9.17, 15) is 9.59 Å². The summed E-state index contributed by atoms with van der Waals surface area (Å²) >= 11 is 1.28. The molecule has 0 aliphatic carbocycles. The van der Waals surface area contributed by atoms with Crippen molar-refractivity contribution in [1.82, 2.24) is 14.8 Å². The van der Waals surface area contributed by atoms with Crippen molar-refractivity contribution in [3.8, 4) is 17.1 Å². The number of urea groups is 1. The van der Waals surface area contributed by atoms with E-state index in [4.69, 9.17) is 0 Å². The van der Waals surface area contributed by atoms with Gasteiger partial charge in [-0.25, -0.2) is 14.5 Å². The summed E-state index contributed by atoms with van der Waals surface area (Å²) < 4.78 is 0.995. The average Bonchev–Trinajstić information content (AvgIpc) is 3.44. The first-order valence-electron chi connectivity index (χ1n) is 12.2. The fourth-order valence-corrected chi connectivity index (χ4v) is 5.29. The summed E-state index contributed by atoms with van der Waals surface area (Å²) in [5.74, 6) is 0.476. The van der Waals surface area contributed by atoms with Gasteiger partial charge in [0.25, 0.3) is 0 Å². The van der Waals surface area contributed by atoms with E-state index in [2.05, 4.69) is 20.4 Å². The second-order valence-electron chi connectivity index (χ2n) is 9.74. The van der Waals surface area contributed by atoms with Crippen LogP contribution in [0.1, 0.15) is 30.5 Å². The highest BCUT2D eigenvalue weighted by atomic mass is 32.2.